The maximum absolute atomic E-state index is 3.56. The van der Waals surface area contributed by atoms with Gasteiger partial charge in [0.1, 0.15) is 0 Å². The maximum atomic E-state index is 3.56. The Bertz CT molecular complexity index is 240. The van der Waals surface area contributed by atoms with E-state index in [0.29, 0.717) is 5.41 Å². The first kappa shape index (κ1) is 13.4. The first-order valence-corrected chi connectivity index (χ1v) is 7.65. The summed E-state index contributed by atoms with van der Waals surface area (Å²) in [5, 5.41) is 3.56. The lowest BCUT2D eigenvalue weighted by Crippen LogP contribution is -2.30. The van der Waals surface area contributed by atoms with Gasteiger partial charge in [0.05, 0.1) is 0 Å². The summed E-state index contributed by atoms with van der Waals surface area (Å²) in [6.07, 6.45) is 10.3. The molecule has 0 aromatic rings. The first-order valence-electron chi connectivity index (χ1n) is 7.65. The number of hydrogen-bond acceptors (Lipinski definition) is 1. The van der Waals surface area contributed by atoms with Crippen molar-refractivity contribution in [3.8, 4) is 0 Å². The molecule has 2 bridgehead atoms. The second kappa shape index (κ2) is 5.30. The molecule has 4 unspecified atom stereocenters. The minimum absolute atomic E-state index is 0.490. The lowest BCUT2D eigenvalue weighted by Gasteiger charge is -2.28. The Balaban J connectivity index is 1.76. The summed E-state index contributed by atoms with van der Waals surface area (Å²) in [7, 11) is 2.15. The molecule has 0 aliphatic heterocycles. The molecular formula is C16H31N. The third-order valence-corrected chi connectivity index (χ3v) is 5.12. The van der Waals surface area contributed by atoms with Gasteiger partial charge in [-0.3, -0.25) is 0 Å². The third kappa shape index (κ3) is 3.71. The summed E-state index contributed by atoms with van der Waals surface area (Å²) in [4.78, 5) is 0. The predicted octanol–water partition coefficient (Wildman–Crippen LogP) is 4.23. The zero-order valence-electron chi connectivity index (χ0n) is 12.3. The summed E-state index contributed by atoms with van der Waals surface area (Å²) >= 11 is 0. The molecule has 100 valence electrons. The van der Waals surface area contributed by atoms with Crippen molar-refractivity contribution in [1.82, 2.24) is 5.32 Å². The molecule has 4 atom stereocenters. The Morgan fingerprint density at radius 2 is 1.94 bits per heavy atom. The van der Waals surface area contributed by atoms with Crippen LogP contribution in [0.4, 0.5) is 0 Å². The Morgan fingerprint density at radius 3 is 2.41 bits per heavy atom. The lowest BCUT2D eigenvalue weighted by molar-refractivity contribution is 0.257. The van der Waals surface area contributed by atoms with Gasteiger partial charge in [0, 0.05) is 6.04 Å². The minimum Gasteiger partial charge on any atom is -0.317 e. The molecule has 2 aliphatic rings. The van der Waals surface area contributed by atoms with E-state index < -0.39 is 0 Å². The molecule has 1 heteroatoms. The van der Waals surface area contributed by atoms with Gasteiger partial charge in [0.25, 0.3) is 0 Å². The van der Waals surface area contributed by atoms with E-state index in [1.165, 1.54) is 32.1 Å². The smallest absolute Gasteiger partial charge is 0.00670 e. The van der Waals surface area contributed by atoms with Crippen LogP contribution in [-0.4, -0.2) is 13.1 Å². The Labute approximate surface area is 108 Å². The van der Waals surface area contributed by atoms with Gasteiger partial charge in [-0.1, -0.05) is 27.2 Å². The van der Waals surface area contributed by atoms with Gasteiger partial charge in [-0.15, -0.1) is 0 Å². The average Bonchev–Trinajstić information content (AvgIpc) is 2.84. The summed E-state index contributed by atoms with van der Waals surface area (Å²) in [6, 6.07) is 0.763. The van der Waals surface area contributed by atoms with Crippen molar-refractivity contribution in [2.24, 2.45) is 23.2 Å². The molecule has 1 N–H and O–H groups in total. The van der Waals surface area contributed by atoms with Gasteiger partial charge in [-0.05, 0) is 68.7 Å². The molecule has 0 spiro atoms. The molecule has 2 fully saturated rings. The number of rotatable bonds is 5. The molecular weight excluding hydrogens is 206 g/mol. The van der Waals surface area contributed by atoms with Gasteiger partial charge in [-0.2, -0.15) is 0 Å². The number of hydrogen-bond donors (Lipinski definition) is 1. The summed E-state index contributed by atoms with van der Waals surface area (Å²) < 4.78 is 0. The van der Waals surface area contributed by atoms with Crippen LogP contribution in [0.2, 0.25) is 0 Å². The molecule has 0 radical (unpaired) electrons. The van der Waals surface area contributed by atoms with Gasteiger partial charge >= 0.3 is 0 Å². The van der Waals surface area contributed by atoms with Crippen molar-refractivity contribution in [2.75, 3.05) is 7.05 Å². The van der Waals surface area contributed by atoms with Crippen LogP contribution >= 0.6 is 0 Å². The monoisotopic (exact) mass is 237 g/mol. The quantitative estimate of drug-likeness (QED) is 0.754. The van der Waals surface area contributed by atoms with Crippen LogP contribution in [0.1, 0.15) is 65.7 Å². The second-order valence-electron chi connectivity index (χ2n) is 7.76. The van der Waals surface area contributed by atoms with E-state index in [9.17, 15) is 0 Å². The summed E-state index contributed by atoms with van der Waals surface area (Å²) in [5.74, 6) is 3.24. The summed E-state index contributed by atoms with van der Waals surface area (Å²) in [5.41, 5.74) is 0.490. The molecule has 2 saturated carbocycles. The van der Waals surface area contributed by atoms with E-state index >= 15 is 0 Å². The highest BCUT2D eigenvalue weighted by molar-refractivity contribution is 4.91. The van der Waals surface area contributed by atoms with Crippen LogP contribution in [0.25, 0.3) is 0 Å². The van der Waals surface area contributed by atoms with Crippen molar-refractivity contribution in [1.29, 1.82) is 0 Å². The number of fused-ring (bicyclic) bond motifs is 2. The SMILES string of the molecule is CNC(CCC(C)(C)C)CC1CC2CCC1C2. The average molecular weight is 237 g/mol. The largest absolute Gasteiger partial charge is 0.317 e. The Kier molecular flexibility index (Phi) is 4.18. The molecule has 0 aromatic heterocycles. The van der Waals surface area contributed by atoms with E-state index in [0.717, 1.165) is 23.8 Å². The fourth-order valence-electron chi connectivity index (χ4n) is 4.02. The molecule has 0 saturated heterocycles. The number of nitrogens with one attached hydrogen (secondary N) is 1. The van der Waals surface area contributed by atoms with Crippen molar-refractivity contribution >= 4 is 0 Å². The topological polar surface area (TPSA) is 12.0 Å². The van der Waals surface area contributed by atoms with Gasteiger partial charge < -0.3 is 5.32 Å². The first-order chi connectivity index (χ1) is 7.98. The highest BCUT2D eigenvalue weighted by Gasteiger charge is 2.39. The lowest BCUT2D eigenvalue weighted by atomic mass is 9.81. The Hall–Kier alpha value is -0.0400. The Morgan fingerprint density at radius 1 is 1.18 bits per heavy atom. The molecule has 0 aromatic carbocycles. The fraction of sp³-hybridized carbons (Fsp3) is 1.00. The van der Waals surface area contributed by atoms with E-state index in [4.69, 9.17) is 0 Å². The zero-order chi connectivity index (χ0) is 12.5. The van der Waals surface area contributed by atoms with Crippen LogP contribution in [0, 0.1) is 23.2 Å². The van der Waals surface area contributed by atoms with E-state index in [1.807, 2.05) is 0 Å². The van der Waals surface area contributed by atoms with Crippen molar-refractivity contribution < 1.29 is 0 Å². The van der Waals surface area contributed by atoms with Crippen LogP contribution in [0.5, 0.6) is 0 Å². The molecule has 2 aliphatic carbocycles. The van der Waals surface area contributed by atoms with Gasteiger partial charge in [0.2, 0.25) is 0 Å². The van der Waals surface area contributed by atoms with Crippen LogP contribution in [0.3, 0.4) is 0 Å². The molecule has 0 heterocycles. The minimum atomic E-state index is 0.490. The van der Waals surface area contributed by atoms with Crippen molar-refractivity contribution in [3.05, 3.63) is 0 Å². The predicted molar refractivity (Wildman–Crippen MR) is 75.1 cm³/mol. The summed E-state index contributed by atoms with van der Waals surface area (Å²) in [6.45, 7) is 7.08. The van der Waals surface area contributed by atoms with E-state index in [-0.39, 0.29) is 0 Å². The maximum Gasteiger partial charge on any atom is 0.00670 e. The normalized spacial score (nSPS) is 34.2. The second-order valence-corrected chi connectivity index (χ2v) is 7.76. The van der Waals surface area contributed by atoms with Crippen LogP contribution in [-0.2, 0) is 0 Å². The highest BCUT2D eigenvalue weighted by Crippen LogP contribution is 2.50. The van der Waals surface area contributed by atoms with Crippen molar-refractivity contribution in [3.63, 3.8) is 0 Å². The van der Waals surface area contributed by atoms with Crippen LogP contribution < -0.4 is 5.32 Å². The van der Waals surface area contributed by atoms with E-state index in [2.05, 4.69) is 33.1 Å². The van der Waals surface area contributed by atoms with E-state index in [1.54, 1.807) is 12.8 Å². The fourth-order valence-corrected chi connectivity index (χ4v) is 4.02. The highest BCUT2D eigenvalue weighted by atomic mass is 14.9. The third-order valence-electron chi connectivity index (χ3n) is 5.12. The molecule has 17 heavy (non-hydrogen) atoms. The van der Waals surface area contributed by atoms with Gasteiger partial charge in [-0.25, -0.2) is 0 Å². The standard InChI is InChI=1S/C16H31N/c1-16(2,3)8-7-15(17-4)11-14-10-12-5-6-13(14)9-12/h12-15,17H,5-11H2,1-4H3. The molecule has 1 nitrogen and oxygen atoms in total. The molecule has 2 rings (SSSR count). The zero-order valence-corrected chi connectivity index (χ0v) is 12.3. The molecule has 0 amide bonds. The van der Waals surface area contributed by atoms with Gasteiger partial charge in [0.15, 0.2) is 0 Å². The van der Waals surface area contributed by atoms with Crippen LogP contribution in [0.15, 0.2) is 0 Å². The van der Waals surface area contributed by atoms with Crippen molar-refractivity contribution in [2.45, 2.75) is 71.8 Å².